The zero-order chi connectivity index (χ0) is 28.2. The van der Waals surface area contributed by atoms with Crippen molar-refractivity contribution in [3.05, 3.63) is 94.0 Å². The molecular weight excluding hydrogens is 539 g/mol. The highest BCUT2D eigenvalue weighted by atomic mass is 35.5. The summed E-state index contributed by atoms with van der Waals surface area (Å²) in [6.45, 7) is 10.8. The van der Waals surface area contributed by atoms with Crippen molar-refractivity contribution in [2.75, 3.05) is 31.5 Å². The molecule has 0 spiro atoms. The van der Waals surface area contributed by atoms with Crippen molar-refractivity contribution >= 4 is 40.9 Å². The molecule has 2 N–H and O–H groups in total. The van der Waals surface area contributed by atoms with Gasteiger partial charge >= 0.3 is 0 Å². The summed E-state index contributed by atoms with van der Waals surface area (Å²) in [5.74, 6) is -0.748. The van der Waals surface area contributed by atoms with E-state index < -0.39 is 11.5 Å². The number of hydrogen-bond acceptors (Lipinski definition) is 3. The molecule has 1 saturated carbocycles. The van der Waals surface area contributed by atoms with Gasteiger partial charge in [-0.3, -0.25) is 9.69 Å². The van der Waals surface area contributed by atoms with E-state index in [4.69, 9.17) is 23.2 Å². The maximum absolute atomic E-state index is 16.9. The number of rotatable bonds is 12. The minimum absolute atomic E-state index is 0.0571. The normalized spacial score (nSPS) is 24.2. The summed E-state index contributed by atoms with van der Waals surface area (Å²) in [6.07, 6.45) is 6.01. The van der Waals surface area contributed by atoms with E-state index in [1.165, 1.54) is 18.2 Å². The summed E-state index contributed by atoms with van der Waals surface area (Å²) in [4.78, 5) is 13.9. The van der Waals surface area contributed by atoms with Crippen molar-refractivity contribution in [3.63, 3.8) is 0 Å². The number of carbonyl (C=O) groups excluding carboxylic acids is 1. The number of hydrogen-bond donors (Lipinski definition) is 2. The highest BCUT2D eigenvalue weighted by Gasteiger charge is 2.54. The zero-order valence-electron chi connectivity index (χ0n) is 22.3. The molecule has 1 heterocycles. The Hall–Kier alpha value is -2.51. The first-order valence-electron chi connectivity index (χ1n) is 13.3. The van der Waals surface area contributed by atoms with E-state index in [0.717, 1.165) is 31.5 Å². The molecule has 1 saturated heterocycles. The van der Waals surface area contributed by atoms with E-state index in [-0.39, 0.29) is 22.6 Å². The summed E-state index contributed by atoms with van der Waals surface area (Å²) in [7, 11) is 0. The lowest BCUT2D eigenvalue weighted by molar-refractivity contribution is -0.105. The fourth-order valence-corrected chi connectivity index (χ4v) is 6.14. The summed E-state index contributed by atoms with van der Waals surface area (Å²) >= 11 is 12.4. The molecule has 0 bridgehead atoms. The standard InChI is InChI=1S/C31H35Cl2F2N3O/c1-4-36-16-24-18-38(17-21-5-6-21)31(3,27-12-9-25(33)15-29(27)37-19-39)30(24)28(35)14-23(13-20(2)32)22-7-10-26(34)11-8-22/h7-15,19,21,24,30,36H,2,4-6,16-18H2,1,3H3,(H,37,39)/b23-13+,28-14-/t24-,30?,31-/m1/s1. The van der Waals surface area contributed by atoms with Crippen LogP contribution in [0.1, 0.15) is 37.8 Å². The van der Waals surface area contributed by atoms with Gasteiger partial charge in [0, 0.05) is 34.7 Å². The van der Waals surface area contributed by atoms with Crippen LogP contribution in [0, 0.1) is 23.6 Å². The number of nitrogens with one attached hydrogen (secondary N) is 2. The molecule has 4 nitrogen and oxygen atoms in total. The van der Waals surface area contributed by atoms with Gasteiger partial charge in [-0.25, -0.2) is 8.78 Å². The Morgan fingerprint density at radius 3 is 2.54 bits per heavy atom. The molecule has 208 valence electrons. The van der Waals surface area contributed by atoms with Gasteiger partial charge in [-0.15, -0.1) is 0 Å². The Labute approximate surface area is 239 Å². The molecule has 4 rings (SSSR count). The van der Waals surface area contributed by atoms with Gasteiger partial charge in [0.2, 0.25) is 6.41 Å². The van der Waals surface area contributed by atoms with E-state index in [2.05, 4.69) is 29.0 Å². The van der Waals surface area contributed by atoms with Gasteiger partial charge in [-0.1, -0.05) is 54.9 Å². The van der Waals surface area contributed by atoms with Gasteiger partial charge in [-0.05, 0) is 97.8 Å². The van der Waals surface area contributed by atoms with Crippen LogP contribution in [0.2, 0.25) is 5.02 Å². The van der Waals surface area contributed by atoms with E-state index in [9.17, 15) is 9.18 Å². The first-order valence-corrected chi connectivity index (χ1v) is 14.1. The monoisotopic (exact) mass is 573 g/mol. The van der Waals surface area contributed by atoms with Gasteiger partial charge in [0.1, 0.15) is 11.6 Å². The molecular formula is C31H35Cl2F2N3O. The third kappa shape index (κ3) is 6.80. The third-order valence-electron chi connectivity index (χ3n) is 7.84. The van der Waals surface area contributed by atoms with E-state index >= 15 is 4.39 Å². The van der Waals surface area contributed by atoms with Crippen LogP contribution in [0.4, 0.5) is 14.5 Å². The van der Waals surface area contributed by atoms with E-state index in [0.29, 0.717) is 47.3 Å². The van der Waals surface area contributed by atoms with Crippen LogP contribution >= 0.6 is 23.2 Å². The summed E-state index contributed by atoms with van der Waals surface area (Å²) < 4.78 is 30.5. The molecule has 0 aromatic heterocycles. The van der Waals surface area contributed by atoms with Crippen molar-refractivity contribution in [1.29, 1.82) is 0 Å². The molecule has 1 amide bonds. The lowest BCUT2D eigenvalue weighted by Gasteiger charge is -2.41. The van der Waals surface area contributed by atoms with Crippen molar-refractivity contribution in [2.45, 2.75) is 32.2 Å². The van der Waals surface area contributed by atoms with Gasteiger partial charge in [-0.2, -0.15) is 0 Å². The third-order valence-corrected chi connectivity index (χ3v) is 8.19. The Morgan fingerprint density at radius 1 is 1.21 bits per heavy atom. The number of nitrogens with zero attached hydrogens (tertiary/aromatic N) is 1. The molecule has 2 aliphatic rings. The van der Waals surface area contributed by atoms with Crippen LogP contribution < -0.4 is 10.6 Å². The molecule has 1 aliphatic carbocycles. The Balaban J connectivity index is 1.88. The van der Waals surface area contributed by atoms with Gasteiger partial charge < -0.3 is 10.6 Å². The smallest absolute Gasteiger partial charge is 0.211 e. The number of amides is 1. The van der Waals surface area contributed by atoms with Crippen LogP contribution in [0.25, 0.3) is 5.57 Å². The number of likely N-dealkylation sites (tertiary alicyclic amines) is 1. The minimum atomic E-state index is -0.787. The number of anilines is 1. The SMILES string of the molecule is C=C(Cl)/C=C(\C=C(/F)C1[C@H](CNCC)CN(CC2CC2)[C@]1(C)c1ccc(Cl)cc1NC=O)c1ccc(F)cc1. The lowest BCUT2D eigenvalue weighted by atomic mass is 9.74. The first-order chi connectivity index (χ1) is 18.7. The topological polar surface area (TPSA) is 44.4 Å². The molecule has 2 fully saturated rings. The average molecular weight is 575 g/mol. The molecule has 1 aliphatic heterocycles. The molecule has 1 unspecified atom stereocenters. The number of halogens is 4. The van der Waals surface area contributed by atoms with Crippen LogP contribution in [-0.4, -0.2) is 37.5 Å². The van der Waals surface area contributed by atoms with Crippen molar-refractivity contribution in [2.24, 2.45) is 17.8 Å². The predicted octanol–water partition coefficient (Wildman–Crippen LogP) is 7.52. The minimum Gasteiger partial charge on any atom is -0.328 e. The fourth-order valence-electron chi connectivity index (χ4n) is 5.85. The molecule has 0 radical (unpaired) electrons. The lowest BCUT2D eigenvalue weighted by Crippen LogP contribution is -2.44. The molecule has 8 heteroatoms. The van der Waals surface area contributed by atoms with Gasteiger partial charge in [0.25, 0.3) is 0 Å². The second kappa shape index (κ2) is 12.8. The first kappa shape index (κ1) is 29.5. The number of allylic oxidation sites excluding steroid dienone is 4. The van der Waals surface area contributed by atoms with E-state index in [1.54, 1.807) is 30.3 Å². The predicted molar refractivity (Wildman–Crippen MR) is 157 cm³/mol. The van der Waals surface area contributed by atoms with Gasteiger partial charge in [0.05, 0.1) is 5.54 Å². The van der Waals surface area contributed by atoms with Crippen molar-refractivity contribution < 1.29 is 13.6 Å². The van der Waals surface area contributed by atoms with Crippen LogP contribution in [0.5, 0.6) is 0 Å². The summed E-state index contributed by atoms with van der Waals surface area (Å²) in [5, 5.41) is 6.94. The maximum Gasteiger partial charge on any atom is 0.211 e. The van der Waals surface area contributed by atoms with Crippen LogP contribution in [-0.2, 0) is 10.3 Å². The van der Waals surface area contributed by atoms with Crippen LogP contribution in [0.3, 0.4) is 0 Å². The number of carbonyl (C=O) groups is 1. The quantitative estimate of drug-likeness (QED) is 0.204. The Morgan fingerprint density at radius 2 is 1.92 bits per heavy atom. The Bertz CT molecular complexity index is 1260. The fraction of sp³-hybridized carbons (Fsp3) is 0.387. The second-order valence-corrected chi connectivity index (χ2v) is 11.5. The highest BCUT2D eigenvalue weighted by Crippen LogP contribution is 2.53. The highest BCUT2D eigenvalue weighted by molar-refractivity contribution is 6.31. The largest absolute Gasteiger partial charge is 0.328 e. The summed E-state index contributed by atoms with van der Waals surface area (Å²) in [5.41, 5.74) is 1.71. The molecule has 3 atom stereocenters. The van der Waals surface area contributed by atoms with Crippen LogP contribution in [0.15, 0.2) is 72.1 Å². The Kier molecular flexibility index (Phi) is 9.65. The van der Waals surface area contributed by atoms with Crippen molar-refractivity contribution in [3.8, 4) is 0 Å². The maximum atomic E-state index is 16.9. The average Bonchev–Trinajstić information content (AvgIpc) is 3.66. The zero-order valence-corrected chi connectivity index (χ0v) is 23.8. The number of benzene rings is 2. The van der Waals surface area contributed by atoms with Gasteiger partial charge in [0.15, 0.2) is 0 Å². The van der Waals surface area contributed by atoms with E-state index in [1.807, 2.05) is 13.0 Å². The molecule has 39 heavy (non-hydrogen) atoms. The second-order valence-electron chi connectivity index (χ2n) is 10.6. The molecule has 2 aromatic rings. The molecule has 2 aromatic carbocycles. The summed E-state index contributed by atoms with van der Waals surface area (Å²) in [6, 6.07) is 11.2. The van der Waals surface area contributed by atoms with Crippen molar-refractivity contribution in [1.82, 2.24) is 10.2 Å².